The summed E-state index contributed by atoms with van der Waals surface area (Å²) in [6, 6.07) is 24.6. The molecule has 0 aromatic heterocycles. The Hall–Kier alpha value is -2.47. The molecule has 0 unspecified atom stereocenters. The van der Waals surface area contributed by atoms with Crippen molar-refractivity contribution in [2.75, 3.05) is 0 Å². The fourth-order valence-electron chi connectivity index (χ4n) is 3.51. The van der Waals surface area contributed by atoms with Crippen LogP contribution in [0, 0.1) is 6.92 Å². The third-order valence-electron chi connectivity index (χ3n) is 4.74. The monoisotopic (exact) mass is 297 g/mol. The molecule has 0 amide bonds. The zero-order valence-electron chi connectivity index (χ0n) is 13.9. The fraction of sp³-hybridized carbons (Fsp3) is 0.174. The average molecular weight is 297 g/mol. The van der Waals surface area contributed by atoms with Gasteiger partial charge in [-0.15, -0.1) is 28.5 Å². The number of benzene rings is 3. The fourth-order valence-corrected chi connectivity index (χ4v) is 3.51. The van der Waals surface area contributed by atoms with Crippen molar-refractivity contribution in [1.29, 1.82) is 0 Å². The first-order valence-corrected chi connectivity index (χ1v) is 8.32. The molecule has 0 spiro atoms. The normalized spacial score (nSPS) is 11.7. The summed E-state index contributed by atoms with van der Waals surface area (Å²) in [5, 5.41) is 5.36. The molecular formula is C23H21-. The van der Waals surface area contributed by atoms with Crippen LogP contribution in [0.2, 0.25) is 0 Å². The smallest absolute Gasteiger partial charge is 0.0186 e. The molecule has 0 heteroatoms. The summed E-state index contributed by atoms with van der Waals surface area (Å²) in [6.07, 6.45) is 0. The molecule has 0 atom stereocenters. The van der Waals surface area contributed by atoms with Gasteiger partial charge in [-0.25, -0.2) is 0 Å². The van der Waals surface area contributed by atoms with Crippen LogP contribution in [0.15, 0.2) is 66.7 Å². The number of rotatable bonds is 2. The molecule has 0 aliphatic carbocycles. The Labute approximate surface area is 137 Å². The average Bonchev–Trinajstić information content (AvgIpc) is 2.97. The molecular weight excluding hydrogens is 276 g/mol. The minimum atomic E-state index is 0.558. The highest BCUT2D eigenvalue weighted by Crippen LogP contribution is 2.37. The maximum absolute atomic E-state index is 2.37. The van der Waals surface area contributed by atoms with Crippen molar-refractivity contribution < 1.29 is 0 Å². The zero-order chi connectivity index (χ0) is 16.0. The van der Waals surface area contributed by atoms with Gasteiger partial charge < -0.3 is 0 Å². The van der Waals surface area contributed by atoms with Gasteiger partial charge in [0.25, 0.3) is 0 Å². The van der Waals surface area contributed by atoms with E-state index in [2.05, 4.69) is 87.5 Å². The second kappa shape index (κ2) is 5.31. The van der Waals surface area contributed by atoms with E-state index in [0.29, 0.717) is 5.92 Å². The highest BCUT2D eigenvalue weighted by Gasteiger charge is 2.06. The molecule has 0 nitrogen and oxygen atoms in total. The Morgan fingerprint density at radius 3 is 2.39 bits per heavy atom. The minimum Gasteiger partial charge on any atom is -0.165 e. The van der Waals surface area contributed by atoms with Crippen molar-refractivity contribution in [2.24, 2.45) is 0 Å². The van der Waals surface area contributed by atoms with Crippen LogP contribution in [0.25, 0.3) is 32.7 Å². The van der Waals surface area contributed by atoms with Crippen LogP contribution in [0.4, 0.5) is 0 Å². The topological polar surface area (TPSA) is 0 Å². The van der Waals surface area contributed by atoms with Crippen LogP contribution in [-0.4, -0.2) is 0 Å². The lowest BCUT2D eigenvalue weighted by molar-refractivity contribution is 0.872. The maximum Gasteiger partial charge on any atom is -0.0186 e. The zero-order valence-corrected chi connectivity index (χ0v) is 13.9. The Balaban J connectivity index is 2.07. The molecule has 4 aromatic carbocycles. The summed E-state index contributed by atoms with van der Waals surface area (Å²) >= 11 is 0. The summed E-state index contributed by atoms with van der Waals surface area (Å²) in [7, 11) is 0. The lowest BCUT2D eigenvalue weighted by Crippen LogP contribution is -1.84. The van der Waals surface area contributed by atoms with E-state index >= 15 is 0 Å². The Morgan fingerprint density at radius 1 is 0.783 bits per heavy atom. The molecule has 114 valence electrons. The van der Waals surface area contributed by atoms with Crippen molar-refractivity contribution >= 4 is 21.5 Å². The molecule has 4 aromatic rings. The first kappa shape index (κ1) is 14.1. The van der Waals surface area contributed by atoms with Crippen molar-refractivity contribution in [1.82, 2.24) is 0 Å². The summed E-state index contributed by atoms with van der Waals surface area (Å²) in [5.74, 6) is 0.558. The van der Waals surface area contributed by atoms with E-state index in [1.807, 2.05) is 0 Å². The van der Waals surface area contributed by atoms with E-state index in [4.69, 9.17) is 0 Å². The van der Waals surface area contributed by atoms with Gasteiger partial charge in [-0.1, -0.05) is 79.1 Å². The Bertz CT molecular complexity index is 994. The Morgan fingerprint density at radius 2 is 1.57 bits per heavy atom. The van der Waals surface area contributed by atoms with Crippen molar-refractivity contribution in [3.8, 4) is 11.1 Å². The molecule has 0 heterocycles. The molecule has 0 fully saturated rings. The number of hydrogen-bond acceptors (Lipinski definition) is 0. The molecule has 0 N–H and O–H groups in total. The van der Waals surface area contributed by atoms with Gasteiger partial charge >= 0.3 is 0 Å². The SMILES string of the molecule is Cc1cc(-c2cccc3ccccc23)c2[cH-]c(C(C)C)cc2c1. The minimum absolute atomic E-state index is 0.558. The maximum atomic E-state index is 2.37. The van der Waals surface area contributed by atoms with Crippen LogP contribution in [-0.2, 0) is 0 Å². The molecule has 0 aliphatic rings. The molecule has 4 rings (SSSR count). The summed E-state index contributed by atoms with van der Waals surface area (Å²) in [4.78, 5) is 0. The highest BCUT2D eigenvalue weighted by molar-refractivity contribution is 6.06. The lowest BCUT2D eigenvalue weighted by Gasteiger charge is -2.15. The number of hydrogen-bond donors (Lipinski definition) is 0. The predicted molar refractivity (Wildman–Crippen MR) is 101 cm³/mol. The second-order valence-corrected chi connectivity index (χ2v) is 6.79. The highest BCUT2D eigenvalue weighted by atomic mass is 14.2. The summed E-state index contributed by atoms with van der Waals surface area (Å²) in [6.45, 7) is 6.72. The van der Waals surface area contributed by atoms with E-state index in [1.54, 1.807) is 0 Å². The van der Waals surface area contributed by atoms with Crippen molar-refractivity contribution in [3.05, 3.63) is 77.9 Å². The van der Waals surface area contributed by atoms with Gasteiger partial charge in [-0.05, 0) is 23.6 Å². The number of aryl methyl sites for hydroxylation is 1. The molecule has 23 heavy (non-hydrogen) atoms. The Kier molecular flexibility index (Phi) is 3.27. The van der Waals surface area contributed by atoms with Gasteiger partial charge in [0, 0.05) is 0 Å². The summed E-state index contributed by atoms with van der Waals surface area (Å²) < 4.78 is 0. The van der Waals surface area contributed by atoms with Crippen molar-refractivity contribution in [2.45, 2.75) is 26.7 Å². The lowest BCUT2D eigenvalue weighted by atomic mass is 9.94. The van der Waals surface area contributed by atoms with E-state index < -0.39 is 0 Å². The van der Waals surface area contributed by atoms with Gasteiger partial charge in [-0.3, -0.25) is 0 Å². The number of fused-ring (bicyclic) bond motifs is 2. The van der Waals surface area contributed by atoms with Gasteiger partial charge in [0.1, 0.15) is 0 Å². The first-order chi connectivity index (χ1) is 11.1. The van der Waals surface area contributed by atoms with Crippen LogP contribution in [0.1, 0.15) is 30.9 Å². The van der Waals surface area contributed by atoms with Crippen LogP contribution in [0.3, 0.4) is 0 Å². The third-order valence-corrected chi connectivity index (χ3v) is 4.74. The predicted octanol–water partition coefficient (Wildman–Crippen LogP) is 6.81. The van der Waals surface area contributed by atoms with E-state index in [1.165, 1.54) is 43.8 Å². The second-order valence-electron chi connectivity index (χ2n) is 6.79. The molecule has 0 bridgehead atoms. The van der Waals surface area contributed by atoms with E-state index in [0.717, 1.165) is 0 Å². The van der Waals surface area contributed by atoms with Crippen molar-refractivity contribution in [3.63, 3.8) is 0 Å². The first-order valence-electron chi connectivity index (χ1n) is 8.32. The van der Waals surface area contributed by atoms with Crippen LogP contribution < -0.4 is 0 Å². The quantitative estimate of drug-likeness (QED) is 0.356. The van der Waals surface area contributed by atoms with E-state index in [9.17, 15) is 0 Å². The molecule has 0 radical (unpaired) electrons. The van der Waals surface area contributed by atoms with Gasteiger partial charge in [0.15, 0.2) is 0 Å². The van der Waals surface area contributed by atoms with E-state index in [-0.39, 0.29) is 0 Å². The molecule has 0 aliphatic heterocycles. The van der Waals surface area contributed by atoms with Gasteiger partial charge in [-0.2, -0.15) is 6.07 Å². The molecule has 0 saturated carbocycles. The van der Waals surface area contributed by atoms with Gasteiger partial charge in [0.2, 0.25) is 0 Å². The van der Waals surface area contributed by atoms with Gasteiger partial charge in [0.05, 0.1) is 0 Å². The summed E-state index contributed by atoms with van der Waals surface area (Å²) in [5.41, 5.74) is 5.43. The third kappa shape index (κ3) is 2.35. The van der Waals surface area contributed by atoms with Crippen LogP contribution >= 0.6 is 0 Å². The standard InChI is InChI=1S/C23H21/c1-15(2)18-13-19-11-16(3)12-23(22(19)14-18)21-10-6-8-17-7-4-5-9-20(17)21/h4-15H,1-3H3/q-1. The largest absolute Gasteiger partial charge is 0.165 e. The van der Waals surface area contributed by atoms with Crippen LogP contribution in [0.5, 0.6) is 0 Å². The molecule has 0 saturated heterocycles.